The zero-order chi connectivity index (χ0) is 13.7. The van der Waals surface area contributed by atoms with Gasteiger partial charge < -0.3 is 10.7 Å². The molecule has 2 aromatic rings. The van der Waals surface area contributed by atoms with Crippen molar-refractivity contribution in [3.05, 3.63) is 51.9 Å². The smallest absolute Gasteiger partial charge is 0.251 e. The Bertz CT molecular complexity index is 610. The molecule has 0 aliphatic carbocycles. The van der Waals surface area contributed by atoms with Crippen LogP contribution in [0.2, 0.25) is 0 Å². The van der Waals surface area contributed by atoms with Crippen LogP contribution in [-0.2, 0) is 12.2 Å². The molecule has 100 valence electrons. The lowest BCUT2D eigenvalue weighted by molar-refractivity contribution is 0.816. The van der Waals surface area contributed by atoms with E-state index >= 15 is 0 Å². The molecule has 1 aromatic heterocycles. The van der Waals surface area contributed by atoms with Crippen LogP contribution < -0.4 is 11.3 Å². The van der Waals surface area contributed by atoms with Crippen LogP contribution in [0.25, 0.3) is 0 Å². The largest absolute Gasteiger partial charge is 0.399 e. The van der Waals surface area contributed by atoms with E-state index in [4.69, 9.17) is 5.73 Å². The third-order valence-corrected chi connectivity index (χ3v) is 3.55. The van der Waals surface area contributed by atoms with Crippen LogP contribution in [0.15, 0.2) is 40.3 Å². The van der Waals surface area contributed by atoms with Crippen LogP contribution >= 0.6 is 11.8 Å². The van der Waals surface area contributed by atoms with Crippen molar-refractivity contribution in [1.29, 1.82) is 0 Å². The maximum atomic E-state index is 11.5. The monoisotopic (exact) mass is 275 g/mol. The van der Waals surface area contributed by atoms with Gasteiger partial charge in [0.1, 0.15) is 0 Å². The van der Waals surface area contributed by atoms with Crippen molar-refractivity contribution in [3.8, 4) is 0 Å². The predicted molar refractivity (Wildman–Crippen MR) is 79.3 cm³/mol. The van der Waals surface area contributed by atoms with E-state index in [1.54, 1.807) is 6.07 Å². The molecule has 0 amide bonds. The second kappa shape index (κ2) is 6.43. The first-order chi connectivity index (χ1) is 9.17. The minimum absolute atomic E-state index is 0.0893. The summed E-state index contributed by atoms with van der Waals surface area (Å²) in [7, 11) is 0. The molecule has 0 saturated heterocycles. The molecule has 0 fully saturated rings. The summed E-state index contributed by atoms with van der Waals surface area (Å²) in [6.07, 6.45) is 1.81. The maximum Gasteiger partial charge on any atom is 0.251 e. The average Bonchev–Trinajstić information content (AvgIpc) is 2.36. The first-order valence-electron chi connectivity index (χ1n) is 6.25. The van der Waals surface area contributed by atoms with Crippen LogP contribution in [0.1, 0.15) is 24.6 Å². The van der Waals surface area contributed by atoms with Crippen LogP contribution in [-0.4, -0.2) is 9.97 Å². The van der Waals surface area contributed by atoms with Gasteiger partial charge in [0.05, 0.1) is 0 Å². The molecular weight excluding hydrogens is 258 g/mol. The Kier molecular flexibility index (Phi) is 4.63. The van der Waals surface area contributed by atoms with Gasteiger partial charge in [-0.1, -0.05) is 37.2 Å². The minimum Gasteiger partial charge on any atom is -0.399 e. The molecule has 0 atom stereocenters. The van der Waals surface area contributed by atoms with E-state index in [2.05, 4.69) is 16.9 Å². The molecule has 0 aliphatic heterocycles. The highest BCUT2D eigenvalue weighted by atomic mass is 32.2. The number of aromatic amines is 1. The molecule has 5 heteroatoms. The summed E-state index contributed by atoms with van der Waals surface area (Å²) >= 11 is 1.51. The van der Waals surface area contributed by atoms with Gasteiger partial charge in [-0.2, -0.15) is 0 Å². The van der Waals surface area contributed by atoms with Crippen molar-refractivity contribution in [2.45, 2.75) is 30.7 Å². The number of aromatic nitrogens is 2. The van der Waals surface area contributed by atoms with E-state index in [0.29, 0.717) is 5.16 Å². The van der Waals surface area contributed by atoms with Gasteiger partial charge in [0, 0.05) is 23.2 Å². The highest BCUT2D eigenvalue weighted by Crippen LogP contribution is 2.19. The Morgan fingerprint density at radius 1 is 1.37 bits per heavy atom. The second-order valence-corrected chi connectivity index (χ2v) is 5.29. The summed E-state index contributed by atoms with van der Waals surface area (Å²) in [5, 5.41) is 0.665. The van der Waals surface area contributed by atoms with Crippen molar-refractivity contribution in [2.24, 2.45) is 0 Å². The minimum atomic E-state index is -0.0893. The lowest BCUT2D eigenvalue weighted by atomic mass is 10.2. The SMILES string of the molecule is CCCc1cc(=O)[nH]c(SCc2cccc(N)c2)n1. The van der Waals surface area contributed by atoms with E-state index in [1.165, 1.54) is 11.8 Å². The number of nitrogen functional groups attached to an aromatic ring is 1. The molecule has 0 saturated carbocycles. The second-order valence-electron chi connectivity index (χ2n) is 4.33. The van der Waals surface area contributed by atoms with Gasteiger partial charge >= 0.3 is 0 Å². The molecule has 3 N–H and O–H groups in total. The van der Waals surface area contributed by atoms with Gasteiger partial charge in [0.25, 0.3) is 5.56 Å². The molecule has 0 radical (unpaired) electrons. The Morgan fingerprint density at radius 3 is 2.95 bits per heavy atom. The first-order valence-corrected chi connectivity index (χ1v) is 7.23. The fourth-order valence-electron chi connectivity index (χ4n) is 1.77. The number of nitrogens with two attached hydrogens (primary N) is 1. The van der Waals surface area contributed by atoms with Crippen molar-refractivity contribution >= 4 is 17.4 Å². The van der Waals surface area contributed by atoms with E-state index < -0.39 is 0 Å². The van der Waals surface area contributed by atoms with Crippen molar-refractivity contribution < 1.29 is 0 Å². The summed E-state index contributed by atoms with van der Waals surface area (Å²) in [4.78, 5) is 18.7. The molecule has 2 rings (SSSR count). The Hall–Kier alpha value is -1.75. The molecule has 0 aliphatic rings. The van der Waals surface area contributed by atoms with Gasteiger partial charge in [-0.05, 0) is 24.1 Å². The lowest BCUT2D eigenvalue weighted by Gasteiger charge is -2.04. The molecular formula is C14H17N3OS. The number of anilines is 1. The quantitative estimate of drug-likeness (QED) is 0.500. The van der Waals surface area contributed by atoms with Crippen molar-refractivity contribution in [1.82, 2.24) is 9.97 Å². The number of aryl methyl sites for hydroxylation is 1. The average molecular weight is 275 g/mol. The lowest BCUT2D eigenvalue weighted by Crippen LogP contribution is -2.09. The van der Waals surface area contributed by atoms with Gasteiger partial charge in [-0.3, -0.25) is 4.79 Å². The predicted octanol–water partition coefficient (Wildman–Crippen LogP) is 2.60. The summed E-state index contributed by atoms with van der Waals surface area (Å²) < 4.78 is 0. The topological polar surface area (TPSA) is 71.8 Å². The van der Waals surface area contributed by atoms with Gasteiger partial charge in [-0.25, -0.2) is 4.98 Å². The zero-order valence-corrected chi connectivity index (χ0v) is 11.7. The first kappa shape index (κ1) is 13.7. The van der Waals surface area contributed by atoms with Gasteiger partial charge in [0.15, 0.2) is 5.16 Å². The number of hydrogen-bond acceptors (Lipinski definition) is 4. The Morgan fingerprint density at radius 2 is 2.21 bits per heavy atom. The van der Waals surface area contributed by atoms with Crippen LogP contribution in [0.5, 0.6) is 0 Å². The van der Waals surface area contributed by atoms with Crippen molar-refractivity contribution in [3.63, 3.8) is 0 Å². The Balaban J connectivity index is 2.09. The number of rotatable bonds is 5. The standard InChI is InChI=1S/C14H17N3OS/c1-2-4-12-8-13(18)17-14(16-12)19-9-10-5-3-6-11(15)7-10/h3,5-8H,2,4,9,15H2,1H3,(H,16,17,18). The van der Waals surface area contributed by atoms with Gasteiger partial charge in [0.2, 0.25) is 0 Å². The zero-order valence-electron chi connectivity index (χ0n) is 10.8. The number of nitrogens with zero attached hydrogens (tertiary/aromatic N) is 1. The van der Waals surface area contributed by atoms with Crippen LogP contribution in [0.3, 0.4) is 0 Å². The summed E-state index contributed by atoms with van der Waals surface area (Å²) in [6.45, 7) is 2.07. The highest BCUT2D eigenvalue weighted by Gasteiger charge is 2.02. The summed E-state index contributed by atoms with van der Waals surface area (Å²) in [5.41, 5.74) is 8.36. The molecule has 0 bridgehead atoms. The number of nitrogens with one attached hydrogen (secondary N) is 1. The normalized spacial score (nSPS) is 10.6. The van der Waals surface area contributed by atoms with E-state index in [1.807, 2.05) is 24.3 Å². The molecule has 19 heavy (non-hydrogen) atoms. The number of hydrogen-bond donors (Lipinski definition) is 2. The fraction of sp³-hybridized carbons (Fsp3) is 0.286. The molecule has 1 aromatic carbocycles. The van der Waals surface area contributed by atoms with Crippen LogP contribution in [0, 0.1) is 0 Å². The van der Waals surface area contributed by atoms with E-state index in [0.717, 1.165) is 35.5 Å². The molecule has 1 heterocycles. The number of benzene rings is 1. The van der Waals surface area contributed by atoms with Gasteiger partial charge in [-0.15, -0.1) is 0 Å². The molecule has 0 spiro atoms. The molecule has 0 unspecified atom stereocenters. The number of H-pyrrole nitrogens is 1. The third-order valence-electron chi connectivity index (χ3n) is 2.61. The highest BCUT2D eigenvalue weighted by molar-refractivity contribution is 7.98. The number of thioether (sulfide) groups is 1. The fourth-order valence-corrected chi connectivity index (χ4v) is 2.61. The van der Waals surface area contributed by atoms with E-state index in [-0.39, 0.29) is 5.56 Å². The maximum absolute atomic E-state index is 11.5. The third kappa shape index (κ3) is 4.13. The van der Waals surface area contributed by atoms with Crippen LogP contribution in [0.4, 0.5) is 5.69 Å². The summed E-state index contributed by atoms with van der Waals surface area (Å²) in [5.74, 6) is 0.740. The Labute approximate surface area is 116 Å². The van der Waals surface area contributed by atoms with E-state index in [9.17, 15) is 4.79 Å². The molecule has 4 nitrogen and oxygen atoms in total. The van der Waals surface area contributed by atoms with Crippen molar-refractivity contribution in [2.75, 3.05) is 5.73 Å². The summed E-state index contributed by atoms with van der Waals surface area (Å²) in [6, 6.07) is 9.29.